The van der Waals surface area contributed by atoms with Crippen LogP contribution < -0.4 is 28.7 Å². The summed E-state index contributed by atoms with van der Waals surface area (Å²) in [5.74, 6) is -0.121. The van der Waals surface area contributed by atoms with Gasteiger partial charge in [0.25, 0.3) is 0 Å². The van der Waals surface area contributed by atoms with Gasteiger partial charge in [0, 0.05) is 33.0 Å². The van der Waals surface area contributed by atoms with E-state index in [4.69, 9.17) is 57.1 Å². The molecule has 3 saturated heterocycles. The summed E-state index contributed by atoms with van der Waals surface area (Å²) >= 11 is 0. The maximum atomic E-state index is 11.0. The number of nitroso groups, excluding NO2 is 1. The fourth-order valence-corrected chi connectivity index (χ4v) is 4.99. The van der Waals surface area contributed by atoms with Crippen molar-refractivity contribution in [2.24, 2.45) is 39.8 Å². The molecule has 0 bridgehead atoms. The van der Waals surface area contributed by atoms with Crippen molar-refractivity contribution >= 4 is 0 Å². The molecule has 13 nitrogen and oxygen atoms in total. The first kappa shape index (κ1) is 25.8. The van der Waals surface area contributed by atoms with Crippen molar-refractivity contribution in [2.75, 3.05) is 14.2 Å². The molecule has 3 heterocycles. The Labute approximate surface area is 187 Å². The van der Waals surface area contributed by atoms with Crippen molar-refractivity contribution < 1.29 is 28.4 Å². The molecule has 13 heteroatoms. The molecule has 0 aliphatic carbocycles. The van der Waals surface area contributed by atoms with Crippen LogP contribution in [-0.2, 0) is 28.4 Å². The number of hydrogen-bond donors (Lipinski definition) is 5. The highest BCUT2D eigenvalue weighted by Crippen LogP contribution is 2.38. The average molecular weight is 463 g/mol. The summed E-state index contributed by atoms with van der Waals surface area (Å²) in [5, 5.41) is 3.03. The maximum Gasteiger partial charge on any atom is 0.192 e. The van der Waals surface area contributed by atoms with Crippen LogP contribution in [-0.4, -0.2) is 87.3 Å². The minimum absolute atomic E-state index is 0.121. The zero-order valence-electron chi connectivity index (χ0n) is 19.0. The zero-order valence-corrected chi connectivity index (χ0v) is 19.0. The molecule has 0 aromatic rings. The molecule has 0 amide bonds. The summed E-state index contributed by atoms with van der Waals surface area (Å²) in [4.78, 5) is 11.0. The molecule has 0 spiro atoms. The third-order valence-electron chi connectivity index (χ3n) is 6.98. The Hall–Kier alpha value is -0.840. The summed E-state index contributed by atoms with van der Waals surface area (Å²) in [6.45, 7) is 3.76. The largest absolute Gasteiger partial charge is 0.381 e. The second kappa shape index (κ2) is 10.2. The highest BCUT2D eigenvalue weighted by atomic mass is 16.7. The van der Waals surface area contributed by atoms with E-state index in [0.717, 1.165) is 0 Å². The van der Waals surface area contributed by atoms with E-state index in [-0.39, 0.29) is 30.3 Å². The Bertz CT molecular complexity index is 645. The molecule has 12 atom stereocenters. The topological polar surface area (TPSA) is 215 Å². The van der Waals surface area contributed by atoms with Crippen molar-refractivity contribution in [3.63, 3.8) is 0 Å². The summed E-state index contributed by atoms with van der Waals surface area (Å²) in [6.07, 6.45) is -3.92. The SMILES string of the molecule is CO[C@H]1CC([C@H]2[C@H](C)O[C@@H](N=O)C[C@@H]2OC)O[C@@H](C)[C@@H]1OC1O[C@H](N)C(N)(N)[C@H](N)[C@@H]1N. The highest BCUT2D eigenvalue weighted by molar-refractivity contribution is 5.04. The lowest BCUT2D eigenvalue weighted by atomic mass is 9.81. The minimum atomic E-state index is -1.49. The van der Waals surface area contributed by atoms with Crippen LogP contribution in [0.3, 0.4) is 0 Å². The first-order valence-corrected chi connectivity index (χ1v) is 10.9. The molecule has 32 heavy (non-hydrogen) atoms. The second-order valence-corrected chi connectivity index (χ2v) is 9.01. The normalized spacial score (nSPS) is 49.5. The van der Waals surface area contributed by atoms with E-state index < -0.39 is 48.7 Å². The van der Waals surface area contributed by atoms with Gasteiger partial charge in [0.2, 0.25) is 0 Å². The van der Waals surface area contributed by atoms with Crippen molar-refractivity contribution in [3.05, 3.63) is 4.91 Å². The molecule has 3 aliphatic rings. The lowest BCUT2D eigenvalue weighted by Gasteiger charge is -2.50. The fourth-order valence-electron chi connectivity index (χ4n) is 4.99. The van der Waals surface area contributed by atoms with Crippen LogP contribution in [0.15, 0.2) is 5.18 Å². The third kappa shape index (κ3) is 4.83. The van der Waals surface area contributed by atoms with Gasteiger partial charge in [-0.05, 0) is 19.0 Å². The zero-order chi connectivity index (χ0) is 23.8. The molecule has 3 rings (SSSR count). The van der Waals surface area contributed by atoms with Crippen LogP contribution >= 0.6 is 0 Å². The van der Waals surface area contributed by atoms with Crippen LogP contribution in [0.5, 0.6) is 0 Å². The van der Waals surface area contributed by atoms with Gasteiger partial charge in [0.15, 0.2) is 12.5 Å². The molecule has 0 saturated carbocycles. The lowest BCUT2D eigenvalue weighted by Crippen LogP contribution is -2.81. The summed E-state index contributed by atoms with van der Waals surface area (Å²) in [6, 6.07) is -1.64. The first-order chi connectivity index (χ1) is 15.0. The van der Waals surface area contributed by atoms with E-state index in [2.05, 4.69) is 5.18 Å². The summed E-state index contributed by atoms with van der Waals surface area (Å²) in [7, 11) is 3.20. The molecule has 10 N–H and O–H groups in total. The Morgan fingerprint density at radius 2 is 1.59 bits per heavy atom. The fraction of sp³-hybridized carbons (Fsp3) is 1.00. The highest BCUT2D eigenvalue weighted by Gasteiger charge is 2.52. The predicted octanol–water partition coefficient (Wildman–Crippen LogP) is -1.99. The van der Waals surface area contributed by atoms with Gasteiger partial charge >= 0.3 is 0 Å². The molecular weight excluding hydrogens is 424 g/mol. The number of ether oxygens (including phenoxy) is 6. The number of nitrogens with zero attached hydrogens (tertiary/aromatic N) is 1. The standard InChI is InChI=1S/C19H38N6O7/c1-7-13(9(27-3)6-12(25-26)30-7)10-5-11(28-4)15(8(2)29-10)31-17-14(20)16(21)19(23,24)18(22)32-17/h7-18H,5-6,20-24H2,1-4H3/t7-,8-,9-,10?,11-,12+,13-,14-,15-,16+,17?,18-/m0/s1. The molecule has 186 valence electrons. The lowest BCUT2D eigenvalue weighted by molar-refractivity contribution is -0.296. The molecule has 0 aromatic carbocycles. The minimum Gasteiger partial charge on any atom is -0.381 e. The first-order valence-electron chi connectivity index (χ1n) is 10.9. The van der Waals surface area contributed by atoms with Gasteiger partial charge in [-0.15, -0.1) is 4.91 Å². The Balaban J connectivity index is 1.71. The summed E-state index contributed by atoms with van der Waals surface area (Å²) < 4.78 is 35.3. The maximum absolute atomic E-state index is 11.0. The van der Waals surface area contributed by atoms with Crippen LogP contribution in [0.25, 0.3) is 0 Å². The summed E-state index contributed by atoms with van der Waals surface area (Å²) in [5.41, 5.74) is 28.7. The van der Waals surface area contributed by atoms with Crippen molar-refractivity contribution in [3.8, 4) is 0 Å². The van der Waals surface area contributed by atoms with Crippen molar-refractivity contribution in [2.45, 2.75) is 99.8 Å². The molecule has 0 aromatic heterocycles. The number of hydrogen-bond acceptors (Lipinski definition) is 13. The average Bonchev–Trinajstić information content (AvgIpc) is 2.76. The monoisotopic (exact) mass is 462 g/mol. The van der Waals surface area contributed by atoms with Gasteiger partial charge in [-0.3, -0.25) is 0 Å². The van der Waals surface area contributed by atoms with E-state index >= 15 is 0 Å². The van der Waals surface area contributed by atoms with E-state index in [0.29, 0.717) is 12.8 Å². The molecule has 2 unspecified atom stereocenters. The molecular formula is C19H38N6O7. The van der Waals surface area contributed by atoms with Gasteiger partial charge in [0.05, 0.1) is 42.6 Å². The van der Waals surface area contributed by atoms with Gasteiger partial charge in [0.1, 0.15) is 18.0 Å². The molecule has 3 aliphatic heterocycles. The van der Waals surface area contributed by atoms with E-state index in [1.165, 1.54) is 0 Å². The van der Waals surface area contributed by atoms with Crippen molar-refractivity contribution in [1.29, 1.82) is 0 Å². The van der Waals surface area contributed by atoms with E-state index in [9.17, 15) is 4.91 Å². The number of nitrogens with two attached hydrogens (primary N) is 5. The van der Waals surface area contributed by atoms with Crippen LogP contribution in [0.4, 0.5) is 0 Å². The predicted molar refractivity (Wildman–Crippen MR) is 114 cm³/mol. The van der Waals surface area contributed by atoms with Gasteiger partial charge in [-0.1, -0.05) is 0 Å². The Kier molecular flexibility index (Phi) is 8.21. The van der Waals surface area contributed by atoms with Gasteiger partial charge < -0.3 is 57.1 Å². The van der Waals surface area contributed by atoms with Crippen LogP contribution in [0.1, 0.15) is 26.7 Å². The van der Waals surface area contributed by atoms with E-state index in [1.54, 1.807) is 14.2 Å². The van der Waals surface area contributed by atoms with Crippen LogP contribution in [0.2, 0.25) is 0 Å². The Morgan fingerprint density at radius 3 is 2.19 bits per heavy atom. The van der Waals surface area contributed by atoms with Gasteiger partial charge in [-0.25, -0.2) is 0 Å². The second-order valence-electron chi connectivity index (χ2n) is 9.01. The van der Waals surface area contributed by atoms with E-state index in [1.807, 2.05) is 13.8 Å². The smallest absolute Gasteiger partial charge is 0.192 e. The number of methoxy groups -OCH3 is 2. The van der Waals surface area contributed by atoms with Gasteiger partial charge in [-0.2, -0.15) is 0 Å². The van der Waals surface area contributed by atoms with Crippen molar-refractivity contribution in [1.82, 2.24) is 0 Å². The molecule has 0 radical (unpaired) electrons. The third-order valence-corrected chi connectivity index (χ3v) is 6.98. The van der Waals surface area contributed by atoms with Crippen LogP contribution in [0, 0.1) is 10.8 Å². The Morgan fingerprint density at radius 1 is 0.938 bits per heavy atom. The number of rotatable bonds is 6. The quantitative estimate of drug-likeness (QED) is 0.214. The molecule has 3 fully saturated rings.